The second-order valence-electron chi connectivity index (χ2n) is 6.30. The molecule has 1 fully saturated rings. The predicted molar refractivity (Wildman–Crippen MR) is 92.1 cm³/mol. The van der Waals surface area contributed by atoms with Crippen molar-refractivity contribution in [2.24, 2.45) is 11.7 Å². The largest absolute Gasteiger partial charge is 0.385 e. The third-order valence-electron chi connectivity index (χ3n) is 3.94. The molecule has 0 atom stereocenters. The number of hydrogen-bond donors (Lipinski definition) is 2. The topological polar surface area (TPSA) is 44.5 Å². The van der Waals surface area contributed by atoms with Gasteiger partial charge in [-0.05, 0) is 43.1 Å². The summed E-state index contributed by atoms with van der Waals surface area (Å²) in [7, 11) is 0. The molecule has 1 aromatic rings. The first-order valence-corrected chi connectivity index (χ1v) is 8.20. The maximum Gasteiger partial charge on any atom is 0.0368 e. The predicted octanol–water partition coefficient (Wildman–Crippen LogP) is 2.23. The summed E-state index contributed by atoms with van der Waals surface area (Å²) in [6, 6.07) is 8.80. The lowest BCUT2D eigenvalue weighted by Crippen LogP contribution is -2.47. The van der Waals surface area contributed by atoms with E-state index in [2.05, 4.69) is 53.2 Å². The fourth-order valence-electron chi connectivity index (χ4n) is 2.83. The van der Waals surface area contributed by atoms with Gasteiger partial charge in [-0.15, -0.1) is 0 Å². The van der Waals surface area contributed by atoms with E-state index in [-0.39, 0.29) is 0 Å². The lowest BCUT2D eigenvalue weighted by molar-refractivity contribution is 0.231. The summed E-state index contributed by atoms with van der Waals surface area (Å²) in [5.41, 5.74) is 8.03. The Hall–Kier alpha value is -1.26. The molecule has 0 bridgehead atoms. The van der Waals surface area contributed by atoms with Gasteiger partial charge in [-0.3, -0.25) is 4.90 Å². The molecule has 21 heavy (non-hydrogen) atoms. The summed E-state index contributed by atoms with van der Waals surface area (Å²) in [6.45, 7) is 12.1. The van der Waals surface area contributed by atoms with E-state index in [0.717, 1.165) is 38.5 Å². The van der Waals surface area contributed by atoms with Crippen molar-refractivity contribution in [2.45, 2.75) is 20.3 Å². The number of nitrogens with one attached hydrogen (secondary N) is 1. The van der Waals surface area contributed by atoms with Crippen molar-refractivity contribution < 1.29 is 0 Å². The van der Waals surface area contributed by atoms with Gasteiger partial charge >= 0.3 is 0 Å². The normalized spacial score (nSPS) is 16.5. The molecule has 2 rings (SSSR count). The Morgan fingerprint density at radius 3 is 2.33 bits per heavy atom. The van der Waals surface area contributed by atoms with Crippen LogP contribution in [0.1, 0.15) is 20.3 Å². The maximum absolute atomic E-state index is 5.50. The molecule has 0 radical (unpaired) electrons. The van der Waals surface area contributed by atoms with Crippen LogP contribution < -0.4 is 16.0 Å². The second kappa shape index (κ2) is 8.25. The molecule has 4 heteroatoms. The Balaban J connectivity index is 1.80. The molecule has 4 nitrogen and oxygen atoms in total. The van der Waals surface area contributed by atoms with E-state index >= 15 is 0 Å². The molecule has 1 aromatic carbocycles. The highest BCUT2D eigenvalue weighted by Crippen LogP contribution is 2.19. The van der Waals surface area contributed by atoms with Crippen LogP contribution in [-0.2, 0) is 0 Å². The van der Waals surface area contributed by atoms with Gasteiger partial charge in [0.05, 0.1) is 0 Å². The van der Waals surface area contributed by atoms with Gasteiger partial charge < -0.3 is 16.0 Å². The summed E-state index contributed by atoms with van der Waals surface area (Å²) in [5.74, 6) is 0.760. The van der Waals surface area contributed by atoms with Crippen LogP contribution in [0.25, 0.3) is 0 Å². The van der Waals surface area contributed by atoms with Gasteiger partial charge in [-0.25, -0.2) is 0 Å². The third-order valence-corrected chi connectivity index (χ3v) is 3.94. The van der Waals surface area contributed by atoms with Crippen molar-refractivity contribution in [1.82, 2.24) is 4.90 Å². The molecule has 0 spiro atoms. The fraction of sp³-hybridized carbons (Fsp3) is 0.647. The summed E-state index contributed by atoms with van der Waals surface area (Å²) < 4.78 is 0. The van der Waals surface area contributed by atoms with Crippen molar-refractivity contribution >= 4 is 11.4 Å². The average molecular weight is 290 g/mol. The Morgan fingerprint density at radius 2 is 1.76 bits per heavy atom. The number of nitrogens with two attached hydrogens (primary N) is 1. The van der Waals surface area contributed by atoms with E-state index in [1.54, 1.807) is 0 Å². The van der Waals surface area contributed by atoms with Crippen molar-refractivity contribution in [3.8, 4) is 0 Å². The van der Waals surface area contributed by atoms with Crippen LogP contribution in [0.15, 0.2) is 24.3 Å². The Labute approximate surface area is 129 Å². The molecule has 1 aliphatic rings. The van der Waals surface area contributed by atoms with Crippen molar-refractivity contribution in [2.75, 3.05) is 56.0 Å². The number of anilines is 2. The molecular weight excluding hydrogens is 260 g/mol. The lowest BCUT2D eigenvalue weighted by atomic mass is 10.2. The number of hydrogen-bond acceptors (Lipinski definition) is 4. The van der Waals surface area contributed by atoms with E-state index in [1.165, 1.54) is 31.0 Å². The Bertz CT molecular complexity index is 394. The van der Waals surface area contributed by atoms with E-state index in [9.17, 15) is 0 Å². The lowest BCUT2D eigenvalue weighted by Gasteiger charge is -2.36. The minimum Gasteiger partial charge on any atom is -0.385 e. The van der Waals surface area contributed by atoms with Crippen LogP contribution in [0.5, 0.6) is 0 Å². The second-order valence-corrected chi connectivity index (χ2v) is 6.30. The van der Waals surface area contributed by atoms with E-state index < -0.39 is 0 Å². The zero-order valence-electron chi connectivity index (χ0n) is 13.5. The standard InChI is InChI=1S/C17H30N4/c1-15(2)14-20-10-12-21(13-11-20)17-6-4-16(5-7-17)19-9-3-8-18/h4-7,15,19H,3,8-14,18H2,1-2H3. The van der Waals surface area contributed by atoms with Crippen LogP contribution in [-0.4, -0.2) is 50.7 Å². The van der Waals surface area contributed by atoms with E-state index in [4.69, 9.17) is 5.73 Å². The third kappa shape index (κ3) is 5.21. The van der Waals surface area contributed by atoms with E-state index in [0.29, 0.717) is 0 Å². The number of rotatable bonds is 7. The van der Waals surface area contributed by atoms with Crippen LogP contribution in [0.4, 0.5) is 11.4 Å². The van der Waals surface area contributed by atoms with Crippen LogP contribution in [0.2, 0.25) is 0 Å². The first kappa shape index (κ1) is 16.1. The summed E-state index contributed by atoms with van der Waals surface area (Å²) in [5, 5.41) is 3.40. The first-order chi connectivity index (χ1) is 10.2. The van der Waals surface area contributed by atoms with Crippen LogP contribution >= 0.6 is 0 Å². The molecule has 1 aliphatic heterocycles. The van der Waals surface area contributed by atoms with Gasteiger partial charge in [-0.2, -0.15) is 0 Å². The van der Waals surface area contributed by atoms with Crippen molar-refractivity contribution in [3.63, 3.8) is 0 Å². The zero-order chi connectivity index (χ0) is 15.1. The number of piperazine rings is 1. The summed E-state index contributed by atoms with van der Waals surface area (Å²) >= 11 is 0. The van der Waals surface area contributed by atoms with Crippen molar-refractivity contribution in [1.29, 1.82) is 0 Å². The van der Waals surface area contributed by atoms with Gasteiger partial charge in [0, 0.05) is 50.6 Å². The molecule has 0 aromatic heterocycles. The van der Waals surface area contributed by atoms with Gasteiger partial charge in [-0.1, -0.05) is 13.8 Å². The molecule has 1 saturated heterocycles. The molecule has 1 heterocycles. The molecule has 0 unspecified atom stereocenters. The smallest absolute Gasteiger partial charge is 0.0368 e. The minimum atomic E-state index is 0.742. The molecular formula is C17H30N4. The fourth-order valence-corrected chi connectivity index (χ4v) is 2.83. The number of benzene rings is 1. The minimum absolute atomic E-state index is 0.742. The average Bonchev–Trinajstić information content (AvgIpc) is 2.49. The van der Waals surface area contributed by atoms with Gasteiger partial charge in [0.1, 0.15) is 0 Å². The van der Waals surface area contributed by atoms with E-state index in [1.807, 2.05) is 0 Å². The molecule has 118 valence electrons. The van der Waals surface area contributed by atoms with Gasteiger partial charge in [0.25, 0.3) is 0 Å². The maximum atomic E-state index is 5.50. The first-order valence-electron chi connectivity index (χ1n) is 8.20. The highest BCUT2D eigenvalue weighted by molar-refractivity contribution is 5.55. The van der Waals surface area contributed by atoms with Crippen molar-refractivity contribution in [3.05, 3.63) is 24.3 Å². The van der Waals surface area contributed by atoms with Crippen LogP contribution in [0.3, 0.4) is 0 Å². The molecule has 0 aliphatic carbocycles. The Morgan fingerprint density at radius 1 is 1.10 bits per heavy atom. The number of nitrogens with zero attached hydrogens (tertiary/aromatic N) is 2. The Kier molecular flexibility index (Phi) is 6.33. The molecule has 0 saturated carbocycles. The highest BCUT2D eigenvalue weighted by atomic mass is 15.3. The van der Waals surface area contributed by atoms with Crippen LogP contribution in [0, 0.1) is 5.92 Å². The highest BCUT2D eigenvalue weighted by Gasteiger charge is 2.17. The zero-order valence-corrected chi connectivity index (χ0v) is 13.5. The summed E-state index contributed by atoms with van der Waals surface area (Å²) in [6.07, 6.45) is 1.01. The SMILES string of the molecule is CC(C)CN1CCN(c2ccc(NCCCN)cc2)CC1. The van der Waals surface area contributed by atoms with Gasteiger partial charge in [0.15, 0.2) is 0 Å². The summed E-state index contributed by atoms with van der Waals surface area (Å²) in [4.78, 5) is 5.06. The molecule has 0 amide bonds. The van der Waals surface area contributed by atoms with Gasteiger partial charge in [0.2, 0.25) is 0 Å². The quantitative estimate of drug-likeness (QED) is 0.756. The molecule has 3 N–H and O–H groups in total. The monoisotopic (exact) mass is 290 g/mol.